The maximum absolute atomic E-state index is 9.95. The topological polar surface area (TPSA) is 63.6 Å². The van der Waals surface area contributed by atoms with Crippen molar-refractivity contribution in [3.63, 3.8) is 0 Å². The lowest BCUT2D eigenvalue weighted by molar-refractivity contribution is 0.309. The predicted molar refractivity (Wildman–Crippen MR) is 120 cm³/mol. The van der Waals surface area contributed by atoms with Crippen LogP contribution in [0.15, 0.2) is 36.4 Å². The molecule has 0 aliphatic carbocycles. The number of thioether (sulfide) groups is 1. The van der Waals surface area contributed by atoms with Gasteiger partial charge in [0, 0.05) is 16.2 Å². The fourth-order valence-electron chi connectivity index (χ4n) is 3.14. The number of benzene rings is 2. The lowest BCUT2D eigenvalue weighted by Crippen LogP contribution is -2.02. The quantitative estimate of drug-likeness (QED) is 0.400. The number of ether oxygens (including phenoxy) is 1. The van der Waals surface area contributed by atoms with Crippen LogP contribution in [-0.2, 0) is 10.1 Å². The minimum atomic E-state index is -3.69. The minimum absolute atomic E-state index is 0.108. The summed E-state index contributed by atoms with van der Waals surface area (Å²) in [5, 5.41) is 3.18. The van der Waals surface area contributed by atoms with Crippen molar-refractivity contribution in [1.29, 1.82) is 0 Å². The molecule has 28 heavy (non-hydrogen) atoms. The monoisotopic (exact) mass is 424 g/mol. The highest BCUT2D eigenvalue weighted by Crippen LogP contribution is 2.45. The smallest absolute Gasteiger partial charge is 0.264 e. The first-order chi connectivity index (χ1) is 13.5. The van der Waals surface area contributed by atoms with Crippen LogP contribution in [0.25, 0.3) is 10.8 Å². The van der Waals surface area contributed by atoms with E-state index in [-0.39, 0.29) is 5.75 Å². The van der Waals surface area contributed by atoms with Gasteiger partial charge in [0.05, 0.1) is 12.4 Å². The van der Waals surface area contributed by atoms with Crippen molar-refractivity contribution in [2.24, 2.45) is 0 Å². The summed E-state index contributed by atoms with van der Waals surface area (Å²) >= 11 is 2.08. The first-order valence-corrected chi connectivity index (χ1v) is 12.8. The van der Waals surface area contributed by atoms with Crippen LogP contribution in [0, 0.1) is 0 Å². The van der Waals surface area contributed by atoms with Crippen LogP contribution in [0.3, 0.4) is 0 Å². The van der Waals surface area contributed by atoms with E-state index >= 15 is 0 Å². The van der Waals surface area contributed by atoms with Gasteiger partial charge in [0.2, 0.25) is 0 Å². The van der Waals surface area contributed by atoms with Crippen molar-refractivity contribution in [2.75, 3.05) is 18.1 Å². The van der Waals surface area contributed by atoms with Crippen LogP contribution in [0.2, 0.25) is 0 Å². The molecule has 0 saturated carbocycles. The Balaban J connectivity index is 0.000000300. The van der Waals surface area contributed by atoms with Crippen LogP contribution >= 0.6 is 11.8 Å². The molecule has 1 unspecified atom stereocenters. The second-order valence-corrected chi connectivity index (χ2v) is 9.93. The van der Waals surface area contributed by atoms with Crippen molar-refractivity contribution in [2.45, 2.75) is 57.6 Å². The Morgan fingerprint density at radius 3 is 2.46 bits per heavy atom. The van der Waals surface area contributed by atoms with E-state index in [1.54, 1.807) is 0 Å². The lowest BCUT2D eigenvalue weighted by atomic mass is 10.0. The molecule has 1 atom stereocenters. The fraction of sp³-hybridized carbons (Fsp3) is 0.545. The normalized spacial score (nSPS) is 16.6. The zero-order valence-corrected chi connectivity index (χ0v) is 18.5. The van der Waals surface area contributed by atoms with Gasteiger partial charge >= 0.3 is 0 Å². The van der Waals surface area contributed by atoms with Gasteiger partial charge in [0.1, 0.15) is 5.75 Å². The third kappa shape index (κ3) is 7.30. The van der Waals surface area contributed by atoms with Crippen molar-refractivity contribution in [3.05, 3.63) is 42.0 Å². The molecule has 0 amide bonds. The molecule has 1 N–H and O–H groups in total. The summed E-state index contributed by atoms with van der Waals surface area (Å²) in [6.45, 7) is 4.90. The first kappa shape index (κ1) is 23.0. The third-order valence-corrected chi connectivity index (χ3v) is 6.91. The molecule has 0 bridgehead atoms. The second kappa shape index (κ2) is 11.7. The van der Waals surface area contributed by atoms with Gasteiger partial charge in [-0.15, -0.1) is 0 Å². The largest absolute Gasteiger partial charge is 0.493 e. The van der Waals surface area contributed by atoms with Crippen LogP contribution in [0.5, 0.6) is 5.75 Å². The zero-order valence-electron chi connectivity index (χ0n) is 16.9. The molecule has 1 saturated heterocycles. The number of hydrogen-bond donors (Lipinski definition) is 1. The Hall–Kier alpha value is -1.24. The van der Waals surface area contributed by atoms with Crippen LogP contribution in [-0.4, -0.2) is 31.1 Å². The van der Waals surface area contributed by atoms with E-state index in [4.69, 9.17) is 9.29 Å². The molecule has 0 spiro atoms. The molecule has 2 aromatic carbocycles. The molecule has 1 aliphatic rings. The number of unbranched alkanes of at least 4 members (excludes halogenated alkanes) is 2. The van der Waals surface area contributed by atoms with Gasteiger partial charge in [-0.3, -0.25) is 4.55 Å². The van der Waals surface area contributed by atoms with E-state index in [9.17, 15) is 8.42 Å². The van der Waals surface area contributed by atoms with Gasteiger partial charge in [0.25, 0.3) is 10.1 Å². The summed E-state index contributed by atoms with van der Waals surface area (Å²) in [6.07, 6.45) is 6.25. The van der Waals surface area contributed by atoms with E-state index in [0.717, 1.165) is 25.2 Å². The van der Waals surface area contributed by atoms with Crippen molar-refractivity contribution in [3.8, 4) is 5.75 Å². The molecule has 1 aliphatic heterocycles. The summed E-state index contributed by atoms with van der Waals surface area (Å²) in [5.74, 6) is 2.31. The Morgan fingerprint density at radius 2 is 1.86 bits per heavy atom. The number of rotatable bonds is 8. The average molecular weight is 425 g/mol. The second-order valence-electron chi connectivity index (χ2n) is 7.05. The highest BCUT2D eigenvalue weighted by Gasteiger charge is 2.22. The van der Waals surface area contributed by atoms with Crippen LogP contribution in [0.1, 0.15) is 63.2 Å². The summed E-state index contributed by atoms with van der Waals surface area (Å²) in [7, 11) is -3.69. The zero-order chi connectivity index (χ0) is 20.4. The van der Waals surface area contributed by atoms with E-state index in [0.29, 0.717) is 11.7 Å². The van der Waals surface area contributed by atoms with Crippen molar-refractivity contribution in [1.82, 2.24) is 0 Å². The molecule has 4 nitrogen and oxygen atoms in total. The summed E-state index contributed by atoms with van der Waals surface area (Å²) in [5.41, 5.74) is 1.40. The van der Waals surface area contributed by atoms with Gasteiger partial charge in [-0.05, 0) is 36.8 Å². The fourth-order valence-corrected chi connectivity index (χ4v) is 5.11. The van der Waals surface area contributed by atoms with E-state index in [1.165, 1.54) is 41.4 Å². The number of hydrogen-bond acceptors (Lipinski definition) is 4. The highest BCUT2D eigenvalue weighted by atomic mass is 32.2. The Labute approximate surface area is 173 Å². The summed E-state index contributed by atoms with van der Waals surface area (Å²) in [4.78, 5) is 0. The van der Waals surface area contributed by atoms with Crippen molar-refractivity contribution < 1.29 is 17.7 Å². The molecular formula is C22H32O4S2. The SMILES string of the molecule is CCCCOc1c(C2CCCS2)ccc2ccccc12.CCCCS(=O)(=O)O. The third-order valence-electron chi connectivity index (χ3n) is 4.69. The average Bonchev–Trinajstić information content (AvgIpc) is 3.21. The first-order valence-electron chi connectivity index (χ1n) is 10.2. The van der Waals surface area contributed by atoms with Crippen LogP contribution < -0.4 is 4.74 Å². The molecular weight excluding hydrogens is 392 g/mol. The van der Waals surface area contributed by atoms with Gasteiger partial charge in [-0.1, -0.05) is 63.1 Å². The molecule has 0 radical (unpaired) electrons. The molecule has 1 fully saturated rings. The predicted octanol–water partition coefficient (Wildman–Crippen LogP) is 6.26. The Morgan fingerprint density at radius 1 is 1.11 bits per heavy atom. The van der Waals surface area contributed by atoms with Gasteiger partial charge in [0.15, 0.2) is 0 Å². The maximum Gasteiger partial charge on any atom is 0.264 e. The molecule has 3 rings (SSSR count). The summed E-state index contributed by atoms with van der Waals surface area (Å²) < 4.78 is 34.2. The number of fused-ring (bicyclic) bond motifs is 1. The maximum atomic E-state index is 9.95. The van der Waals surface area contributed by atoms with Gasteiger partial charge in [-0.25, -0.2) is 0 Å². The van der Waals surface area contributed by atoms with E-state index in [2.05, 4.69) is 55.1 Å². The van der Waals surface area contributed by atoms with Crippen molar-refractivity contribution >= 4 is 32.7 Å². The molecule has 156 valence electrons. The van der Waals surface area contributed by atoms with Crippen LogP contribution in [0.4, 0.5) is 0 Å². The molecule has 2 aromatic rings. The van der Waals surface area contributed by atoms with E-state index < -0.39 is 10.1 Å². The van der Waals surface area contributed by atoms with Gasteiger partial charge in [-0.2, -0.15) is 20.2 Å². The molecule has 1 heterocycles. The standard InChI is InChI=1S/C18H22OS.C4H10O3S/c1-2-3-12-19-18-15-8-5-4-7-14(15)10-11-16(18)17-9-6-13-20-17;1-2-3-4-8(5,6)7/h4-5,7-8,10-11,17H,2-3,6,9,12-13H2,1H3;2-4H2,1H3,(H,5,6,7). The lowest BCUT2D eigenvalue weighted by Gasteiger charge is -2.18. The molecule has 0 aromatic heterocycles. The molecule has 6 heteroatoms. The van der Waals surface area contributed by atoms with E-state index in [1.807, 2.05) is 6.92 Å². The Kier molecular flexibility index (Phi) is 9.62. The summed E-state index contributed by atoms with van der Waals surface area (Å²) in [6, 6.07) is 13.1. The van der Waals surface area contributed by atoms with Gasteiger partial charge < -0.3 is 4.74 Å². The highest BCUT2D eigenvalue weighted by molar-refractivity contribution is 7.99. The minimum Gasteiger partial charge on any atom is -0.493 e. The Bertz CT molecular complexity index is 828.